The van der Waals surface area contributed by atoms with E-state index in [0.717, 1.165) is 42.8 Å². The molecule has 2 aromatic rings. The van der Waals surface area contributed by atoms with Gasteiger partial charge in [0.05, 0.1) is 13.2 Å². The fraction of sp³-hybridized carbons (Fsp3) is 0.519. The highest BCUT2D eigenvalue weighted by molar-refractivity contribution is 5.95. The predicted octanol–water partition coefficient (Wildman–Crippen LogP) is 5.38. The number of amides is 1. The van der Waals surface area contributed by atoms with Crippen LogP contribution in [0.2, 0.25) is 0 Å². The number of halogens is 2. The van der Waals surface area contributed by atoms with Gasteiger partial charge < -0.3 is 14.5 Å². The fourth-order valence-electron chi connectivity index (χ4n) is 4.69. The molecule has 2 aliphatic heterocycles. The summed E-state index contributed by atoms with van der Waals surface area (Å²) in [5, 5.41) is 0. The van der Waals surface area contributed by atoms with Crippen LogP contribution in [0, 0.1) is 5.92 Å². The first kappa shape index (κ1) is 23.7. The number of carbonyl (C=O) groups excluding carboxylic acids is 1. The third kappa shape index (κ3) is 6.53. The summed E-state index contributed by atoms with van der Waals surface area (Å²) in [6, 6.07) is 15.5. The van der Waals surface area contributed by atoms with Gasteiger partial charge in [0.2, 0.25) is 0 Å². The molecule has 6 heteroatoms. The molecule has 1 amide bonds. The van der Waals surface area contributed by atoms with E-state index < -0.39 is 11.8 Å². The molecule has 178 valence electrons. The minimum atomic E-state index is -1.15. The second kappa shape index (κ2) is 10.2. The lowest BCUT2D eigenvalue weighted by Crippen LogP contribution is -2.41. The van der Waals surface area contributed by atoms with Crippen LogP contribution >= 0.6 is 0 Å². The van der Waals surface area contributed by atoms with Crippen LogP contribution in [0.15, 0.2) is 48.5 Å². The van der Waals surface area contributed by atoms with E-state index in [1.54, 1.807) is 18.7 Å². The summed E-state index contributed by atoms with van der Waals surface area (Å²) in [5.74, 6) is 1.23. The second-order valence-electron chi connectivity index (χ2n) is 9.99. The average Bonchev–Trinajstić information content (AvgIpc) is 3.24. The zero-order valence-electron chi connectivity index (χ0n) is 19.6. The third-order valence-electron chi connectivity index (χ3n) is 6.53. The van der Waals surface area contributed by atoms with Crippen molar-refractivity contribution in [3.8, 4) is 16.9 Å². The van der Waals surface area contributed by atoms with Gasteiger partial charge in [-0.15, -0.1) is 0 Å². The molecule has 1 atom stereocenters. The molecule has 2 heterocycles. The molecule has 2 aromatic carbocycles. The molecule has 0 aromatic heterocycles. The van der Waals surface area contributed by atoms with Crippen LogP contribution in [0.25, 0.3) is 11.1 Å². The van der Waals surface area contributed by atoms with Crippen LogP contribution in [-0.2, 0) is 0 Å². The molecule has 0 saturated carbocycles. The first-order valence-corrected chi connectivity index (χ1v) is 11.9. The van der Waals surface area contributed by atoms with Crippen molar-refractivity contribution in [2.75, 3.05) is 39.3 Å². The minimum Gasteiger partial charge on any atom is -0.493 e. The zero-order valence-corrected chi connectivity index (χ0v) is 19.6. The topological polar surface area (TPSA) is 32.8 Å². The Morgan fingerprint density at radius 3 is 2.12 bits per heavy atom. The maximum Gasteiger partial charge on any atom is 0.253 e. The van der Waals surface area contributed by atoms with E-state index in [1.807, 2.05) is 48.5 Å². The molecule has 0 radical (unpaired) electrons. The van der Waals surface area contributed by atoms with Crippen LogP contribution in [0.5, 0.6) is 5.75 Å². The molecule has 4 rings (SSSR count). The summed E-state index contributed by atoms with van der Waals surface area (Å²) in [7, 11) is 0. The summed E-state index contributed by atoms with van der Waals surface area (Å²) in [6.07, 6.45) is 1.58. The minimum absolute atomic E-state index is 0.107. The first-order valence-electron chi connectivity index (χ1n) is 11.9. The van der Waals surface area contributed by atoms with E-state index in [9.17, 15) is 13.6 Å². The molecule has 0 aliphatic carbocycles. The molecule has 2 aliphatic rings. The molecule has 2 fully saturated rings. The molecule has 0 spiro atoms. The smallest absolute Gasteiger partial charge is 0.253 e. The van der Waals surface area contributed by atoms with Gasteiger partial charge in [0.25, 0.3) is 5.91 Å². The van der Waals surface area contributed by atoms with Crippen molar-refractivity contribution >= 4 is 5.91 Å². The number of hydrogen-bond donors (Lipinski definition) is 0. The van der Waals surface area contributed by atoms with Crippen molar-refractivity contribution in [3.05, 3.63) is 54.1 Å². The van der Waals surface area contributed by atoms with E-state index in [4.69, 9.17) is 4.74 Å². The van der Waals surface area contributed by atoms with Gasteiger partial charge in [-0.05, 0) is 87.5 Å². The van der Waals surface area contributed by atoms with Crippen molar-refractivity contribution < 1.29 is 18.3 Å². The maximum absolute atomic E-state index is 13.8. The van der Waals surface area contributed by atoms with Gasteiger partial charge in [0.1, 0.15) is 17.6 Å². The monoisotopic (exact) mass is 456 g/mol. The Labute approximate surface area is 195 Å². The standard InChI is InChI=1S/C27H34F2N2O2/c1-27(2,29)19-30-14-11-20(12-15-30)18-33-25-9-7-22(8-10-25)21-3-5-23(6-4-21)26(32)31-16-13-24(28)17-31/h3-10,20,24H,11-19H2,1-2H3/t24-/m0/s1. The highest BCUT2D eigenvalue weighted by Gasteiger charge is 2.27. The number of piperidine rings is 1. The van der Waals surface area contributed by atoms with Crippen LogP contribution in [0.3, 0.4) is 0 Å². The number of carbonyl (C=O) groups is 1. The quantitative estimate of drug-likeness (QED) is 0.561. The van der Waals surface area contributed by atoms with E-state index in [-0.39, 0.29) is 12.5 Å². The Balaban J connectivity index is 1.26. The van der Waals surface area contributed by atoms with Gasteiger partial charge in [-0.2, -0.15) is 0 Å². The Bertz CT molecular complexity index is 917. The van der Waals surface area contributed by atoms with E-state index in [1.165, 1.54) is 0 Å². The van der Waals surface area contributed by atoms with Crippen LogP contribution in [0.4, 0.5) is 8.78 Å². The predicted molar refractivity (Wildman–Crippen MR) is 127 cm³/mol. The molecular weight excluding hydrogens is 422 g/mol. The van der Waals surface area contributed by atoms with E-state index in [0.29, 0.717) is 37.6 Å². The molecule has 4 nitrogen and oxygen atoms in total. The Morgan fingerprint density at radius 1 is 0.970 bits per heavy atom. The van der Waals surface area contributed by atoms with Crippen molar-refractivity contribution in [2.45, 2.75) is 45.0 Å². The van der Waals surface area contributed by atoms with Crippen molar-refractivity contribution in [1.82, 2.24) is 9.80 Å². The summed E-state index contributed by atoms with van der Waals surface area (Å²) < 4.78 is 33.2. The van der Waals surface area contributed by atoms with Crippen molar-refractivity contribution in [3.63, 3.8) is 0 Å². The third-order valence-corrected chi connectivity index (χ3v) is 6.53. The maximum atomic E-state index is 13.8. The Kier molecular flexibility index (Phi) is 7.32. The van der Waals surface area contributed by atoms with Gasteiger partial charge >= 0.3 is 0 Å². The van der Waals surface area contributed by atoms with Gasteiger partial charge in [-0.1, -0.05) is 24.3 Å². The average molecular weight is 457 g/mol. The van der Waals surface area contributed by atoms with Crippen molar-refractivity contribution in [2.24, 2.45) is 5.92 Å². The Hall–Kier alpha value is -2.47. The van der Waals surface area contributed by atoms with Gasteiger partial charge in [0, 0.05) is 18.7 Å². The molecule has 2 saturated heterocycles. The zero-order chi connectivity index (χ0) is 23.4. The number of benzene rings is 2. The summed E-state index contributed by atoms with van der Waals surface area (Å²) in [5.41, 5.74) is 1.52. The van der Waals surface area contributed by atoms with Crippen molar-refractivity contribution in [1.29, 1.82) is 0 Å². The molecule has 0 bridgehead atoms. The highest BCUT2D eigenvalue weighted by atomic mass is 19.1. The fourth-order valence-corrected chi connectivity index (χ4v) is 4.69. The van der Waals surface area contributed by atoms with E-state index in [2.05, 4.69) is 4.90 Å². The van der Waals surface area contributed by atoms with Gasteiger partial charge in [0.15, 0.2) is 0 Å². The van der Waals surface area contributed by atoms with Crippen LogP contribution in [0.1, 0.15) is 43.5 Å². The van der Waals surface area contributed by atoms with Gasteiger partial charge in [-0.3, -0.25) is 4.79 Å². The molecule has 33 heavy (non-hydrogen) atoms. The van der Waals surface area contributed by atoms with Gasteiger partial charge in [-0.25, -0.2) is 8.78 Å². The molecule has 0 unspecified atom stereocenters. The molecule has 0 N–H and O–H groups in total. The number of nitrogens with zero attached hydrogens (tertiary/aromatic N) is 2. The largest absolute Gasteiger partial charge is 0.493 e. The number of ether oxygens (including phenoxy) is 1. The van der Waals surface area contributed by atoms with E-state index >= 15 is 0 Å². The summed E-state index contributed by atoms with van der Waals surface area (Å²) in [4.78, 5) is 16.3. The Morgan fingerprint density at radius 2 is 1.58 bits per heavy atom. The van der Waals surface area contributed by atoms with Crippen LogP contribution in [-0.4, -0.2) is 66.9 Å². The lowest BCUT2D eigenvalue weighted by molar-refractivity contribution is 0.0782. The second-order valence-corrected chi connectivity index (χ2v) is 9.99. The first-order chi connectivity index (χ1) is 15.8. The lowest BCUT2D eigenvalue weighted by atomic mass is 9.97. The number of alkyl halides is 2. The molecular formula is C27H34F2N2O2. The summed E-state index contributed by atoms with van der Waals surface area (Å²) >= 11 is 0. The normalized spacial score (nSPS) is 20.2. The number of hydrogen-bond acceptors (Lipinski definition) is 3. The number of rotatable bonds is 7. The van der Waals surface area contributed by atoms with Crippen LogP contribution < -0.4 is 4.74 Å². The highest BCUT2D eigenvalue weighted by Crippen LogP contribution is 2.26. The summed E-state index contributed by atoms with van der Waals surface area (Å²) in [6.45, 7) is 6.96. The SMILES string of the molecule is CC(C)(F)CN1CCC(COc2ccc(-c3ccc(C(=O)N4CC[C@H](F)C4)cc3)cc2)CC1. The number of likely N-dealkylation sites (tertiary alicyclic amines) is 2. The lowest BCUT2D eigenvalue weighted by Gasteiger charge is -2.34.